The molecule has 1 heterocycles. The van der Waals surface area contributed by atoms with E-state index in [-0.39, 0.29) is 0 Å². The lowest BCUT2D eigenvalue weighted by Gasteiger charge is -2.26. The molecule has 0 aliphatic rings. The van der Waals surface area contributed by atoms with Crippen molar-refractivity contribution >= 4 is 17.7 Å². The first-order valence-electron chi connectivity index (χ1n) is 6.48. The zero-order valence-electron chi connectivity index (χ0n) is 11.7. The third-order valence-electron chi connectivity index (χ3n) is 3.12. The van der Waals surface area contributed by atoms with Gasteiger partial charge in [0.05, 0.1) is 13.3 Å². The fourth-order valence-corrected chi connectivity index (χ4v) is 2.86. The van der Waals surface area contributed by atoms with E-state index >= 15 is 0 Å². The first kappa shape index (κ1) is 15.5. The highest BCUT2D eigenvalue weighted by Crippen LogP contribution is 2.27. The van der Waals surface area contributed by atoms with Gasteiger partial charge in [-0.25, -0.2) is 9.78 Å². The maximum absolute atomic E-state index is 12.1. The van der Waals surface area contributed by atoms with E-state index in [0.29, 0.717) is 12.2 Å². The van der Waals surface area contributed by atoms with Crippen LogP contribution in [-0.2, 0) is 15.1 Å². The normalized spacial score (nSPS) is 13.4. The second kappa shape index (κ2) is 7.19. The Labute approximate surface area is 127 Å². The van der Waals surface area contributed by atoms with Crippen LogP contribution in [0.5, 0.6) is 0 Å². The molecule has 0 spiro atoms. The molecule has 0 radical (unpaired) electrons. The number of benzene rings is 1. The van der Waals surface area contributed by atoms with E-state index in [9.17, 15) is 4.79 Å². The Morgan fingerprint density at radius 3 is 2.71 bits per heavy atom. The van der Waals surface area contributed by atoms with Gasteiger partial charge in [-0.15, -0.1) is 11.8 Å². The van der Waals surface area contributed by atoms with Gasteiger partial charge in [-0.2, -0.15) is 0 Å². The zero-order chi connectivity index (χ0) is 15.1. The van der Waals surface area contributed by atoms with Crippen molar-refractivity contribution in [3.8, 4) is 0 Å². The van der Waals surface area contributed by atoms with Crippen LogP contribution in [0.25, 0.3) is 0 Å². The van der Waals surface area contributed by atoms with E-state index in [4.69, 9.17) is 10.5 Å². The Hall–Kier alpha value is -1.92. The highest BCUT2D eigenvalue weighted by atomic mass is 32.2. The van der Waals surface area contributed by atoms with Crippen LogP contribution in [0.1, 0.15) is 12.0 Å². The Balaban J connectivity index is 2.09. The highest BCUT2D eigenvalue weighted by Gasteiger charge is 2.36. The van der Waals surface area contributed by atoms with E-state index in [0.717, 1.165) is 10.6 Å². The molecule has 110 valence electrons. The second-order valence-corrected chi connectivity index (χ2v) is 5.59. The molecule has 0 aliphatic carbocycles. The van der Waals surface area contributed by atoms with Gasteiger partial charge in [0.15, 0.2) is 0 Å². The van der Waals surface area contributed by atoms with Crippen LogP contribution in [0.3, 0.4) is 0 Å². The van der Waals surface area contributed by atoms with Crippen LogP contribution < -0.4 is 5.73 Å². The largest absolute Gasteiger partial charge is 0.467 e. The summed E-state index contributed by atoms with van der Waals surface area (Å²) in [5.41, 5.74) is 5.91. The molecule has 2 rings (SSSR count). The van der Waals surface area contributed by atoms with E-state index in [1.165, 1.54) is 18.9 Å². The number of carbonyl (C=O) groups excluding carboxylic acids is 1. The van der Waals surface area contributed by atoms with Crippen molar-refractivity contribution in [1.82, 2.24) is 9.97 Å². The zero-order valence-corrected chi connectivity index (χ0v) is 12.5. The molecule has 0 saturated carbocycles. The van der Waals surface area contributed by atoms with Crippen molar-refractivity contribution in [2.45, 2.75) is 17.0 Å². The topological polar surface area (TPSA) is 78.1 Å². The first-order valence-corrected chi connectivity index (χ1v) is 7.47. The molecule has 0 bridgehead atoms. The highest BCUT2D eigenvalue weighted by molar-refractivity contribution is 7.99. The molecule has 21 heavy (non-hydrogen) atoms. The molecule has 2 aromatic rings. The standard InChI is InChI=1S/C15H17N3O2S/c1-20-14(19)15(16,12-5-3-2-4-6-12)7-10-21-13-11-17-8-9-18-13/h2-6,8-9,11H,7,10,16H2,1H3. The van der Waals surface area contributed by atoms with Crippen LogP contribution in [0, 0.1) is 0 Å². The third-order valence-corrected chi connectivity index (χ3v) is 4.04. The number of rotatable bonds is 6. The van der Waals surface area contributed by atoms with E-state index in [2.05, 4.69) is 9.97 Å². The van der Waals surface area contributed by atoms with Gasteiger partial charge in [-0.05, 0) is 12.0 Å². The van der Waals surface area contributed by atoms with Gasteiger partial charge < -0.3 is 10.5 Å². The van der Waals surface area contributed by atoms with Crippen molar-refractivity contribution < 1.29 is 9.53 Å². The molecule has 0 amide bonds. The SMILES string of the molecule is COC(=O)C(N)(CCSc1cnccn1)c1ccccc1. The number of esters is 1. The first-order chi connectivity index (χ1) is 10.2. The van der Waals surface area contributed by atoms with Gasteiger partial charge >= 0.3 is 5.97 Å². The predicted octanol–water partition coefficient (Wildman–Crippen LogP) is 1.99. The molecule has 1 atom stereocenters. The Kier molecular flexibility index (Phi) is 5.30. The molecule has 1 aromatic carbocycles. The van der Waals surface area contributed by atoms with Gasteiger partial charge in [0.1, 0.15) is 10.6 Å². The minimum absolute atomic E-state index is 0.437. The number of hydrogen-bond acceptors (Lipinski definition) is 6. The Bertz CT molecular complexity index is 580. The lowest BCUT2D eigenvalue weighted by atomic mass is 9.88. The van der Waals surface area contributed by atoms with Gasteiger partial charge in [-0.1, -0.05) is 30.3 Å². The summed E-state index contributed by atoms with van der Waals surface area (Å²) >= 11 is 1.51. The number of nitrogens with zero attached hydrogens (tertiary/aromatic N) is 2. The smallest absolute Gasteiger partial charge is 0.330 e. The molecule has 2 N–H and O–H groups in total. The lowest BCUT2D eigenvalue weighted by Crippen LogP contribution is -2.46. The molecular formula is C15H17N3O2S. The lowest BCUT2D eigenvalue weighted by molar-refractivity contribution is -0.147. The van der Waals surface area contributed by atoms with Crippen molar-refractivity contribution in [2.24, 2.45) is 5.73 Å². The van der Waals surface area contributed by atoms with Crippen LogP contribution in [0.15, 0.2) is 53.9 Å². The van der Waals surface area contributed by atoms with Gasteiger partial charge in [0.2, 0.25) is 0 Å². The fraction of sp³-hybridized carbons (Fsp3) is 0.267. The number of nitrogens with two attached hydrogens (primary N) is 1. The summed E-state index contributed by atoms with van der Waals surface area (Å²) in [5.74, 6) is 0.201. The van der Waals surface area contributed by atoms with Crippen molar-refractivity contribution in [2.75, 3.05) is 12.9 Å². The Morgan fingerprint density at radius 1 is 1.33 bits per heavy atom. The third kappa shape index (κ3) is 3.80. The Morgan fingerprint density at radius 2 is 2.10 bits per heavy atom. The van der Waals surface area contributed by atoms with Crippen molar-refractivity contribution in [1.29, 1.82) is 0 Å². The summed E-state index contributed by atoms with van der Waals surface area (Å²) in [5, 5.41) is 0.803. The molecule has 5 nitrogen and oxygen atoms in total. The minimum Gasteiger partial charge on any atom is -0.467 e. The monoisotopic (exact) mass is 303 g/mol. The molecule has 1 unspecified atom stereocenters. The average Bonchev–Trinajstić information content (AvgIpc) is 2.55. The minimum atomic E-state index is -1.15. The van der Waals surface area contributed by atoms with E-state index in [1.54, 1.807) is 18.6 Å². The molecular weight excluding hydrogens is 286 g/mol. The molecule has 1 aromatic heterocycles. The molecule has 6 heteroatoms. The number of carbonyl (C=O) groups is 1. The van der Waals surface area contributed by atoms with Crippen LogP contribution in [-0.4, -0.2) is 28.8 Å². The maximum Gasteiger partial charge on any atom is 0.330 e. The molecule has 0 aliphatic heterocycles. The van der Waals surface area contributed by atoms with Crippen LogP contribution >= 0.6 is 11.8 Å². The summed E-state index contributed by atoms with van der Waals surface area (Å²) in [6.07, 6.45) is 5.39. The van der Waals surface area contributed by atoms with Gasteiger partial charge in [-0.3, -0.25) is 4.98 Å². The van der Waals surface area contributed by atoms with Crippen LogP contribution in [0.2, 0.25) is 0 Å². The average molecular weight is 303 g/mol. The second-order valence-electron chi connectivity index (χ2n) is 4.47. The van der Waals surface area contributed by atoms with Crippen molar-refractivity contribution in [3.63, 3.8) is 0 Å². The quantitative estimate of drug-likeness (QED) is 0.649. The summed E-state index contributed by atoms with van der Waals surface area (Å²) in [6.45, 7) is 0. The number of aromatic nitrogens is 2. The van der Waals surface area contributed by atoms with Crippen LogP contribution in [0.4, 0.5) is 0 Å². The van der Waals surface area contributed by atoms with E-state index in [1.807, 2.05) is 30.3 Å². The van der Waals surface area contributed by atoms with E-state index < -0.39 is 11.5 Å². The van der Waals surface area contributed by atoms with Crippen molar-refractivity contribution in [3.05, 3.63) is 54.5 Å². The summed E-state index contributed by atoms with van der Waals surface area (Å²) < 4.78 is 4.87. The number of thioether (sulfide) groups is 1. The summed E-state index contributed by atoms with van der Waals surface area (Å²) in [4.78, 5) is 20.3. The molecule has 0 saturated heterocycles. The summed E-state index contributed by atoms with van der Waals surface area (Å²) in [6, 6.07) is 9.27. The number of hydrogen-bond donors (Lipinski definition) is 1. The number of methoxy groups -OCH3 is 1. The molecule has 0 fully saturated rings. The maximum atomic E-state index is 12.1. The number of ether oxygens (including phenoxy) is 1. The van der Waals surface area contributed by atoms with Gasteiger partial charge in [0.25, 0.3) is 0 Å². The van der Waals surface area contributed by atoms with Gasteiger partial charge in [0, 0.05) is 18.1 Å². The predicted molar refractivity (Wildman–Crippen MR) is 81.7 cm³/mol. The fourth-order valence-electron chi connectivity index (χ4n) is 1.96. The summed E-state index contributed by atoms with van der Waals surface area (Å²) in [7, 11) is 1.35.